The monoisotopic (exact) mass is 391 g/mol. The van der Waals surface area contributed by atoms with Crippen molar-refractivity contribution in [2.75, 3.05) is 0 Å². The zero-order chi connectivity index (χ0) is 18.5. The van der Waals surface area contributed by atoms with Gasteiger partial charge in [0.1, 0.15) is 11.6 Å². The van der Waals surface area contributed by atoms with Gasteiger partial charge in [0.2, 0.25) is 0 Å². The van der Waals surface area contributed by atoms with Gasteiger partial charge in [-0.3, -0.25) is 9.00 Å². The number of rotatable bonds is 6. The SMILES string of the molecule is O=C(NCc1cccc(F)c1)c1ccc(C[S@](=O)c2ccccc2Cl)o1. The van der Waals surface area contributed by atoms with Gasteiger partial charge in [0.05, 0.1) is 26.5 Å². The highest BCUT2D eigenvalue weighted by Crippen LogP contribution is 2.22. The summed E-state index contributed by atoms with van der Waals surface area (Å²) in [6.45, 7) is 0.179. The van der Waals surface area contributed by atoms with Crippen LogP contribution in [0.25, 0.3) is 0 Å². The molecule has 1 heterocycles. The summed E-state index contributed by atoms with van der Waals surface area (Å²) in [5.41, 5.74) is 0.643. The Morgan fingerprint density at radius 3 is 2.69 bits per heavy atom. The smallest absolute Gasteiger partial charge is 0.287 e. The summed E-state index contributed by atoms with van der Waals surface area (Å²) >= 11 is 6.04. The topological polar surface area (TPSA) is 59.3 Å². The Kier molecular flexibility index (Phi) is 5.85. The molecule has 1 amide bonds. The predicted octanol–water partition coefficient (Wildman–Crippen LogP) is 4.31. The molecule has 0 radical (unpaired) electrons. The number of nitrogens with one attached hydrogen (secondary N) is 1. The molecule has 3 rings (SSSR count). The van der Waals surface area contributed by atoms with Gasteiger partial charge in [-0.05, 0) is 42.0 Å². The minimum absolute atomic E-state index is 0.104. The molecule has 2 aromatic carbocycles. The Labute approximate surface area is 157 Å². The summed E-state index contributed by atoms with van der Waals surface area (Å²) in [5.74, 6) is -0.157. The van der Waals surface area contributed by atoms with Crippen molar-refractivity contribution in [3.8, 4) is 0 Å². The molecular weight excluding hydrogens is 377 g/mol. The van der Waals surface area contributed by atoms with E-state index in [1.807, 2.05) is 0 Å². The van der Waals surface area contributed by atoms with Crippen molar-refractivity contribution in [2.45, 2.75) is 17.2 Å². The van der Waals surface area contributed by atoms with Gasteiger partial charge < -0.3 is 9.73 Å². The van der Waals surface area contributed by atoms with Gasteiger partial charge in [-0.1, -0.05) is 35.9 Å². The minimum atomic E-state index is -1.38. The molecule has 0 aliphatic rings. The van der Waals surface area contributed by atoms with Gasteiger partial charge in [0.25, 0.3) is 5.91 Å². The van der Waals surface area contributed by atoms with Crippen LogP contribution in [0.3, 0.4) is 0 Å². The van der Waals surface area contributed by atoms with Gasteiger partial charge in [-0.2, -0.15) is 0 Å². The quantitative estimate of drug-likeness (QED) is 0.681. The van der Waals surface area contributed by atoms with E-state index in [9.17, 15) is 13.4 Å². The van der Waals surface area contributed by atoms with E-state index in [2.05, 4.69) is 5.32 Å². The first-order valence-corrected chi connectivity index (χ1v) is 9.47. The highest BCUT2D eigenvalue weighted by atomic mass is 35.5. The molecule has 0 saturated heterocycles. The average molecular weight is 392 g/mol. The van der Waals surface area contributed by atoms with E-state index in [1.165, 1.54) is 18.2 Å². The molecule has 0 aliphatic heterocycles. The zero-order valence-electron chi connectivity index (χ0n) is 13.6. The number of halogens is 2. The molecule has 0 aliphatic carbocycles. The van der Waals surface area contributed by atoms with Crippen LogP contribution in [0, 0.1) is 5.82 Å². The van der Waals surface area contributed by atoms with Gasteiger partial charge in [0, 0.05) is 6.54 Å². The first-order valence-electron chi connectivity index (χ1n) is 7.77. The number of furan rings is 1. The van der Waals surface area contributed by atoms with E-state index in [4.69, 9.17) is 16.0 Å². The molecule has 0 bridgehead atoms. The fourth-order valence-corrected chi connectivity index (χ4v) is 3.81. The molecule has 1 aromatic heterocycles. The van der Waals surface area contributed by atoms with Crippen LogP contribution in [-0.2, 0) is 23.1 Å². The van der Waals surface area contributed by atoms with Crippen LogP contribution >= 0.6 is 11.6 Å². The number of hydrogen-bond donors (Lipinski definition) is 1. The molecule has 7 heteroatoms. The van der Waals surface area contributed by atoms with Gasteiger partial charge in [-0.15, -0.1) is 0 Å². The molecule has 0 unspecified atom stereocenters. The van der Waals surface area contributed by atoms with Crippen molar-refractivity contribution >= 4 is 28.3 Å². The molecule has 1 N–H and O–H groups in total. The normalized spacial score (nSPS) is 11.9. The van der Waals surface area contributed by atoms with Crippen molar-refractivity contribution in [2.24, 2.45) is 0 Å². The second-order valence-corrected chi connectivity index (χ2v) is 7.33. The van der Waals surface area contributed by atoms with Crippen molar-refractivity contribution in [1.29, 1.82) is 0 Å². The molecule has 26 heavy (non-hydrogen) atoms. The van der Waals surface area contributed by atoms with Crippen LogP contribution in [0.1, 0.15) is 21.9 Å². The average Bonchev–Trinajstić information content (AvgIpc) is 3.08. The van der Waals surface area contributed by atoms with Crippen molar-refractivity contribution < 1.29 is 17.8 Å². The number of amides is 1. The first kappa shape index (κ1) is 18.4. The fraction of sp³-hybridized carbons (Fsp3) is 0.105. The van der Waals surface area contributed by atoms with Gasteiger partial charge in [-0.25, -0.2) is 4.39 Å². The summed E-state index contributed by atoms with van der Waals surface area (Å²) in [6, 6.07) is 16.0. The molecular formula is C19H15ClFNO3S. The Morgan fingerprint density at radius 1 is 1.12 bits per heavy atom. The maximum absolute atomic E-state index is 13.1. The Bertz CT molecular complexity index is 957. The second-order valence-electron chi connectivity index (χ2n) is 5.50. The van der Waals surface area contributed by atoms with E-state index < -0.39 is 16.7 Å². The second kappa shape index (κ2) is 8.29. The van der Waals surface area contributed by atoms with E-state index in [-0.39, 0.29) is 23.9 Å². The Balaban J connectivity index is 1.61. The van der Waals surface area contributed by atoms with E-state index in [0.717, 1.165) is 0 Å². The maximum Gasteiger partial charge on any atom is 0.287 e. The standard InChI is InChI=1S/C19H15ClFNO3S/c20-16-6-1-2-7-18(16)26(24)12-15-8-9-17(25-15)19(23)22-11-13-4-3-5-14(21)10-13/h1-10H,11-12H2,(H,22,23)/t26-/m0/s1. The summed E-state index contributed by atoms with van der Waals surface area (Å²) in [7, 11) is -1.38. The third kappa shape index (κ3) is 4.59. The largest absolute Gasteiger partial charge is 0.455 e. The number of carbonyl (C=O) groups excluding carboxylic acids is 1. The third-order valence-corrected chi connectivity index (χ3v) is 5.42. The molecule has 3 aromatic rings. The molecule has 1 atom stereocenters. The van der Waals surface area contributed by atoms with Crippen LogP contribution in [0.2, 0.25) is 5.02 Å². The summed E-state index contributed by atoms with van der Waals surface area (Å²) < 4.78 is 31.0. The highest BCUT2D eigenvalue weighted by Gasteiger charge is 2.15. The maximum atomic E-state index is 13.1. The summed E-state index contributed by atoms with van der Waals surface area (Å²) in [5, 5.41) is 3.08. The van der Waals surface area contributed by atoms with Crippen LogP contribution in [0.4, 0.5) is 4.39 Å². The molecule has 4 nitrogen and oxygen atoms in total. The summed E-state index contributed by atoms with van der Waals surface area (Å²) in [6.07, 6.45) is 0. The molecule has 134 valence electrons. The highest BCUT2D eigenvalue weighted by molar-refractivity contribution is 7.84. The predicted molar refractivity (Wildman–Crippen MR) is 97.8 cm³/mol. The van der Waals surface area contributed by atoms with Crippen LogP contribution < -0.4 is 5.32 Å². The van der Waals surface area contributed by atoms with Crippen LogP contribution in [0.15, 0.2) is 70.0 Å². The zero-order valence-corrected chi connectivity index (χ0v) is 15.1. The number of carbonyl (C=O) groups is 1. The Hall–Kier alpha value is -2.44. The minimum Gasteiger partial charge on any atom is -0.455 e. The van der Waals surface area contributed by atoms with Crippen LogP contribution in [0.5, 0.6) is 0 Å². The van der Waals surface area contributed by atoms with Crippen molar-refractivity contribution in [3.05, 3.63) is 88.6 Å². The van der Waals surface area contributed by atoms with E-state index >= 15 is 0 Å². The first-order chi connectivity index (χ1) is 12.5. The molecule has 0 fully saturated rings. The lowest BCUT2D eigenvalue weighted by atomic mass is 10.2. The molecule has 0 spiro atoms. The lowest BCUT2D eigenvalue weighted by molar-refractivity contribution is 0.0921. The fourth-order valence-electron chi connectivity index (χ4n) is 2.33. The van der Waals surface area contributed by atoms with E-state index in [1.54, 1.807) is 42.5 Å². The van der Waals surface area contributed by atoms with E-state index in [0.29, 0.717) is 21.2 Å². The van der Waals surface area contributed by atoms with Crippen molar-refractivity contribution in [3.63, 3.8) is 0 Å². The lowest BCUT2D eigenvalue weighted by Crippen LogP contribution is -2.22. The molecule has 0 saturated carbocycles. The number of hydrogen-bond acceptors (Lipinski definition) is 3. The third-order valence-electron chi connectivity index (χ3n) is 3.58. The summed E-state index contributed by atoms with van der Waals surface area (Å²) in [4.78, 5) is 12.6. The number of benzene rings is 2. The van der Waals surface area contributed by atoms with Gasteiger partial charge >= 0.3 is 0 Å². The van der Waals surface area contributed by atoms with Gasteiger partial charge in [0.15, 0.2) is 5.76 Å². The Morgan fingerprint density at radius 2 is 1.92 bits per heavy atom. The van der Waals surface area contributed by atoms with Crippen LogP contribution in [-0.4, -0.2) is 10.1 Å². The lowest BCUT2D eigenvalue weighted by Gasteiger charge is -2.04. The van der Waals surface area contributed by atoms with Crippen molar-refractivity contribution in [1.82, 2.24) is 5.32 Å².